The number of thioether (sulfide) groups is 1. The first-order valence-corrected chi connectivity index (χ1v) is 7.79. The molecule has 0 spiro atoms. The Kier molecular flexibility index (Phi) is 5.22. The second-order valence-electron chi connectivity index (χ2n) is 4.51. The maximum absolute atomic E-state index is 12.2. The lowest BCUT2D eigenvalue weighted by Crippen LogP contribution is -2.01. The first-order valence-electron chi connectivity index (χ1n) is 6.18. The van der Waals surface area contributed by atoms with Gasteiger partial charge in [0.2, 0.25) is 0 Å². The fraction of sp³-hybridized carbons (Fsp3) is 0.200. The van der Waals surface area contributed by atoms with E-state index in [1.54, 1.807) is 12.1 Å². The molecule has 0 unspecified atom stereocenters. The highest BCUT2D eigenvalue weighted by Gasteiger charge is 2.28. The molecule has 2 aromatic rings. The summed E-state index contributed by atoms with van der Waals surface area (Å²) in [5, 5.41) is 3.25. The predicted molar refractivity (Wildman–Crippen MR) is 84.6 cm³/mol. The van der Waals surface area contributed by atoms with Crippen LogP contribution < -0.4 is 5.32 Å². The highest BCUT2D eigenvalue weighted by Crippen LogP contribution is 2.36. The molecule has 0 heterocycles. The van der Waals surface area contributed by atoms with E-state index < -0.39 is 5.51 Å². The largest absolute Gasteiger partial charge is 0.446 e. The molecule has 112 valence electrons. The fourth-order valence-electron chi connectivity index (χ4n) is 1.77. The summed E-state index contributed by atoms with van der Waals surface area (Å²) in [6.07, 6.45) is 0. The Hall–Kier alpha value is -1.14. The molecular weight excluding hydrogens is 363 g/mol. The number of halogens is 4. The Morgan fingerprint density at radius 1 is 1.10 bits per heavy atom. The van der Waals surface area contributed by atoms with Gasteiger partial charge in [-0.1, -0.05) is 28.1 Å². The Bertz CT molecular complexity index is 611. The number of hydrogen-bond donors (Lipinski definition) is 1. The molecule has 2 rings (SSSR count). The predicted octanol–water partition coefficient (Wildman–Crippen LogP) is 5.98. The van der Waals surface area contributed by atoms with Crippen molar-refractivity contribution < 1.29 is 13.2 Å². The van der Waals surface area contributed by atoms with Crippen LogP contribution in [0.5, 0.6) is 0 Å². The number of nitrogens with one attached hydrogen (secondary N) is 1. The first-order chi connectivity index (χ1) is 9.83. The zero-order valence-corrected chi connectivity index (χ0v) is 13.6. The van der Waals surface area contributed by atoms with Crippen LogP contribution >= 0.6 is 27.7 Å². The van der Waals surface area contributed by atoms with Gasteiger partial charge >= 0.3 is 5.51 Å². The molecule has 21 heavy (non-hydrogen) atoms. The molecule has 0 saturated heterocycles. The standard InChI is InChI=1S/C15H13BrF3NS/c1-10-8-12(4-7-14(10)16)20-9-11-2-5-13(6-3-11)21-15(17,18)19/h2-8,20H,9H2,1H3. The van der Waals surface area contributed by atoms with E-state index >= 15 is 0 Å². The third kappa shape index (κ3) is 5.28. The van der Waals surface area contributed by atoms with Gasteiger partial charge in [0.1, 0.15) is 0 Å². The Morgan fingerprint density at radius 2 is 1.76 bits per heavy atom. The van der Waals surface area contributed by atoms with Crippen LogP contribution in [0.25, 0.3) is 0 Å². The number of hydrogen-bond acceptors (Lipinski definition) is 2. The van der Waals surface area contributed by atoms with E-state index in [-0.39, 0.29) is 16.7 Å². The van der Waals surface area contributed by atoms with Crippen molar-refractivity contribution in [2.75, 3.05) is 5.32 Å². The molecule has 6 heteroatoms. The number of alkyl halides is 3. The van der Waals surface area contributed by atoms with Crippen LogP contribution in [0.1, 0.15) is 11.1 Å². The summed E-state index contributed by atoms with van der Waals surface area (Å²) in [4.78, 5) is 0.200. The van der Waals surface area contributed by atoms with Gasteiger partial charge in [0.05, 0.1) is 0 Å². The van der Waals surface area contributed by atoms with Gasteiger partial charge in [-0.3, -0.25) is 0 Å². The maximum Gasteiger partial charge on any atom is 0.446 e. The van der Waals surface area contributed by atoms with Crippen molar-refractivity contribution >= 4 is 33.4 Å². The first kappa shape index (κ1) is 16.2. The molecule has 1 N–H and O–H groups in total. The SMILES string of the molecule is Cc1cc(NCc2ccc(SC(F)(F)F)cc2)ccc1Br. The molecule has 0 atom stereocenters. The van der Waals surface area contributed by atoms with Crippen LogP contribution in [0.15, 0.2) is 51.8 Å². The molecule has 1 nitrogen and oxygen atoms in total. The van der Waals surface area contributed by atoms with Crippen LogP contribution in [0.4, 0.5) is 18.9 Å². The van der Waals surface area contributed by atoms with Crippen molar-refractivity contribution in [2.24, 2.45) is 0 Å². The summed E-state index contributed by atoms with van der Waals surface area (Å²) in [5.41, 5.74) is -1.21. The smallest absolute Gasteiger partial charge is 0.381 e. The minimum atomic E-state index is -4.24. The quantitative estimate of drug-likeness (QED) is 0.659. The van der Waals surface area contributed by atoms with Crippen molar-refractivity contribution in [3.63, 3.8) is 0 Å². The van der Waals surface area contributed by atoms with E-state index in [9.17, 15) is 13.2 Å². The number of aryl methyl sites for hydroxylation is 1. The molecule has 0 saturated carbocycles. The van der Waals surface area contributed by atoms with E-state index in [1.807, 2.05) is 25.1 Å². The van der Waals surface area contributed by atoms with Crippen molar-refractivity contribution in [2.45, 2.75) is 23.9 Å². The lowest BCUT2D eigenvalue weighted by molar-refractivity contribution is -0.0328. The van der Waals surface area contributed by atoms with Crippen LogP contribution in [0.3, 0.4) is 0 Å². The van der Waals surface area contributed by atoms with E-state index in [2.05, 4.69) is 21.2 Å². The molecule has 0 bridgehead atoms. The van der Waals surface area contributed by atoms with Gasteiger partial charge in [-0.2, -0.15) is 13.2 Å². The van der Waals surface area contributed by atoms with E-state index in [1.165, 1.54) is 12.1 Å². The van der Waals surface area contributed by atoms with Crippen molar-refractivity contribution in [1.82, 2.24) is 0 Å². The van der Waals surface area contributed by atoms with Crippen LogP contribution in [0.2, 0.25) is 0 Å². The highest BCUT2D eigenvalue weighted by atomic mass is 79.9. The maximum atomic E-state index is 12.2. The average molecular weight is 376 g/mol. The van der Waals surface area contributed by atoms with Crippen LogP contribution in [-0.4, -0.2) is 5.51 Å². The molecule has 0 aromatic heterocycles. The molecule has 0 aliphatic heterocycles. The number of benzene rings is 2. The third-order valence-electron chi connectivity index (χ3n) is 2.81. The lowest BCUT2D eigenvalue weighted by atomic mass is 10.2. The van der Waals surface area contributed by atoms with E-state index in [0.29, 0.717) is 6.54 Å². The minimum Gasteiger partial charge on any atom is -0.381 e. The van der Waals surface area contributed by atoms with E-state index in [0.717, 1.165) is 21.3 Å². The summed E-state index contributed by atoms with van der Waals surface area (Å²) in [5.74, 6) is 0. The average Bonchev–Trinajstić information content (AvgIpc) is 2.40. The van der Waals surface area contributed by atoms with Gasteiger partial charge in [0, 0.05) is 21.6 Å². The number of rotatable bonds is 4. The third-order valence-corrected chi connectivity index (χ3v) is 4.44. The van der Waals surface area contributed by atoms with Crippen molar-refractivity contribution in [3.8, 4) is 0 Å². The van der Waals surface area contributed by atoms with Gasteiger partial charge < -0.3 is 5.32 Å². The van der Waals surface area contributed by atoms with Gasteiger partial charge in [0.25, 0.3) is 0 Å². The summed E-state index contributed by atoms with van der Waals surface area (Å²) in [6, 6.07) is 12.3. The fourth-order valence-corrected chi connectivity index (χ4v) is 2.55. The second-order valence-corrected chi connectivity index (χ2v) is 6.50. The Morgan fingerprint density at radius 3 is 2.33 bits per heavy atom. The molecule has 0 amide bonds. The molecule has 0 fully saturated rings. The molecule has 0 aliphatic carbocycles. The van der Waals surface area contributed by atoms with Gasteiger partial charge in [-0.15, -0.1) is 0 Å². The lowest BCUT2D eigenvalue weighted by Gasteiger charge is -2.09. The zero-order valence-electron chi connectivity index (χ0n) is 11.2. The van der Waals surface area contributed by atoms with Crippen LogP contribution in [0, 0.1) is 6.92 Å². The summed E-state index contributed by atoms with van der Waals surface area (Å²) in [6.45, 7) is 2.57. The zero-order chi connectivity index (χ0) is 15.5. The van der Waals surface area contributed by atoms with E-state index in [4.69, 9.17) is 0 Å². The van der Waals surface area contributed by atoms with Crippen molar-refractivity contribution in [1.29, 1.82) is 0 Å². The van der Waals surface area contributed by atoms with Gasteiger partial charge in [-0.25, -0.2) is 0 Å². The van der Waals surface area contributed by atoms with Gasteiger partial charge in [-0.05, 0) is 60.1 Å². The van der Waals surface area contributed by atoms with Crippen molar-refractivity contribution in [3.05, 3.63) is 58.1 Å². The Labute approximate surface area is 134 Å². The van der Waals surface area contributed by atoms with Gasteiger partial charge in [0.15, 0.2) is 0 Å². The monoisotopic (exact) mass is 375 g/mol. The highest BCUT2D eigenvalue weighted by molar-refractivity contribution is 9.10. The molecule has 0 radical (unpaired) electrons. The Balaban J connectivity index is 1.96. The second kappa shape index (κ2) is 6.75. The molecular formula is C15H13BrF3NS. The minimum absolute atomic E-state index is 0.0981. The summed E-state index contributed by atoms with van der Waals surface area (Å²) in [7, 11) is 0. The topological polar surface area (TPSA) is 12.0 Å². The summed E-state index contributed by atoms with van der Waals surface area (Å²) >= 11 is 3.34. The normalized spacial score (nSPS) is 11.5. The number of anilines is 1. The molecule has 0 aliphatic rings. The summed E-state index contributed by atoms with van der Waals surface area (Å²) < 4.78 is 37.7. The van der Waals surface area contributed by atoms with Crippen LogP contribution in [-0.2, 0) is 6.54 Å². The molecule has 2 aromatic carbocycles.